The van der Waals surface area contributed by atoms with Gasteiger partial charge in [0.1, 0.15) is 0 Å². The Kier molecular flexibility index (Phi) is 1.79. The van der Waals surface area contributed by atoms with E-state index in [9.17, 15) is 4.39 Å². The van der Waals surface area contributed by atoms with E-state index in [1.165, 1.54) is 4.68 Å². The fraction of sp³-hybridized carbons (Fsp3) is 0.125. The molecule has 0 atom stereocenters. The van der Waals surface area contributed by atoms with E-state index in [2.05, 4.69) is 27.7 Å². The fourth-order valence-corrected chi connectivity index (χ4v) is 1.63. The average molecular weight is 276 g/mol. The highest BCUT2D eigenvalue weighted by Gasteiger charge is 2.06. The Hall–Kier alpha value is -0.650. The third-order valence-electron chi connectivity index (χ3n) is 1.72. The molecule has 0 aliphatic carbocycles. The number of aryl methyl sites for hydroxylation is 1. The van der Waals surface area contributed by atoms with Gasteiger partial charge in [0.2, 0.25) is 5.95 Å². The number of fused-ring (bicyclic) bond motifs is 1. The molecule has 1 aromatic carbocycles. The number of halogens is 2. The first-order valence-corrected chi connectivity index (χ1v) is 4.54. The first kappa shape index (κ1) is 7.97. The van der Waals surface area contributed by atoms with Gasteiger partial charge in [-0.2, -0.15) is 9.49 Å². The molecular weight excluding hydrogens is 270 g/mol. The minimum atomic E-state index is -0.275. The summed E-state index contributed by atoms with van der Waals surface area (Å²) in [4.78, 5) is 0. The van der Waals surface area contributed by atoms with Gasteiger partial charge in [-0.15, -0.1) is 0 Å². The Morgan fingerprint density at radius 1 is 1.50 bits per heavy atom. The number of hydrogen-bond donors (Lipinski definition) is 0. The van der Waals surface area contributed by atoms with E-state index in [-0.39, 0.29) is 5.95 Å². The predicted octanol–water partition coefficient (Wildman–Crippen LogP) is 2.32. The van der Waals surface area contributed by atoms with Crippen LogP contribution in [0.4, 0.5) is 4.39 Å². The summed E-state index contributed by atoms with van der Waals surface area (Å²) >= 11 is 2.15. The molecule has 0 saturated carbocycles. The van der Waals surface area contributed by atoms with Crippen molar-refractivity contribution in [2.75, 3.05) is 0 Å². The van der Waals surface area contributed by atoms with E-state index < -0.39 is 0 Å². The second-order valence-electron chi connectivity index (χ2n) is 2.58. The fourth-order valence-electron chi connectivity index (χ4n) is 1.14. The predicted molar refractivity (Wildman–Crippen MR) is 53.4 cm³/mol. The lowest BCUT2D eigenvalue weighted by Gasteiger charge is -1.88. The standard InChI is InChI=1S/C8H6FIN2/c1-12-8(9)6-4-5(10)2-3-7(6)11-12/h2-4H,1H3. The molecule has 0 radical (unpaired) electrons. The average Bonchev–Trinajstić information content (AvgIpc) is 2.31. The highest BCUT2D eigenvalue weighted by molar-refractivity contribution is 14.1. The zero-order valence-electron chi connectivity index (χ0n) is 6.38. The molecule has 2 rings (SSSR count). The highest BCUT2D eigenvalue weighted by Crippen LogP contribution is 2.18. The van der Waals surface area contributed by atoms with E-state index in [0.717, 1.165) is 3.57 Å². The molecule has 4 heteroatoms. The molecule has 0 aliphatic rings. The minimum absolute atomic E-state index is 0.275. The van der Waals surface area contributed by atoms with Crippen LogP contribution in [0.1, 0.15) is 0 Å². The van der Waals surface area contributed by atoms with Gasteiger partial charge in [-0.05, 0) is 40.8 Å². The van der Waals surface area contributed by atoms with Crippen LogP contribution < -0.4 is 0 Å². The van der Waals surface area contributed by atoms with Crippen molar-refractivity contribution in [3.05, 3.63) is 27.7 Å². The van der Waals surface area contributed by atoms with Gasteiger partial charge in [-0.3, -0.25) is 0 Å². The first-order valence-electron chi connectivity index (χ1n) is 3.46. The van der Waals surface area contributed by atoms with Gasteiger partial charge in [0, 0.05) is 10.6 Å². The molecule has 0 N–H and O–H groups in total. The normalized spacial score (nSPS) is 10.9. The number of benzene rings is 1. The summed E-state index contributed by atoms with van der Waals surface area (Å²) in [7, 11) is 1.60. The number of aromatic nitrogens is 2. The maximum absolute atomic E-state index is 13.2. The Labute approximate surface area is 82.5 Å². The van der Waals surface area contributed by atoms with Crippen molar-refractivity contribution in [3.8, 4) is 0 Å². The topological polar surface area (TPSA) is 17.8 Å². The van der Waals surface area contributed by atoms with Crippen LogP contribution in [0.3, 0.4) is 0 Å². The summed E-state index contributed by atoms with van der Waals surface area (Å²) in [6, 6.07) is 5.52. The van der Waals surface area contributed by atoms with Gasteiger partial charge in [0.05, 0.1) is 10.9 Å². The SMILES string of the molecule is Cn1nc2ccc(I)cc2c1F. The van der Waals surface area contributed by atoms with Crippen LogP contribution in [0.5, 0.6) is 0 Å². The maximum Gasteiger partial charge on any atom is 0.219 e. The van der Waals surface area contributed by atoms with Crippen LogP contribution >= 0.6 is 22.6 Å². The summed E-state index contributed by atoms with van der Waals surface area (Å²) in [6.07, 6.45) is 0. The van der Waals surface area contributed by atoms with E-state index in [0.29, 0.717) is 10.9 Å². The smallest absolute Gasteiger partial charge is 0.219 e. The second-order valence-corrected chi connectivity index (χ2v) is 3.82. The summed E-state index contributed by atoms with van der Waals surface area (Å²) in [6.45, 7) is 0. The third kappa shape index (κ3) is 1.10. The Morgan fingerprint density at radius 2 is 2.25 bits per heavy atom. The highest BCUT2D eigenvalue weighted by atomic mass is 127. The molecule has 2 nitrogen and oxygen atoms in total. The van der Waals surface area contributed by atoms with Crippen molar-refractivity contribution in [1.29, 1.82) is 0 Å². The second kappa shape index (κ2) is 2.69. The van der Waals surface area contributed by atoms with Crippen LogP contribution in [0.15, 0.2) is 18.2 Å². The molecule has 0 bridgehead atoms. The molecule has 0 aliphatic heterocycles. The number of hydrogen-bond acceptors (Lipinski definition) is 1. The maximum atomic E-state index is 13.2. The summed E-state index contributed by atoms with van der Waals surface area (Å²) in [5.41, 5.74) is 0.704. The first-order chi connectivity index (χ1) is 5.68. The Morgan fingerprint density at radius 3 is 3.00 bits per heavy atom. The van der Waals surface area contributed by atoms with Crippen molar-refractivity contribution in [2.24, 2.45) is 7.05 Å². The van der Waals surface area contributed by atoms with Crippen molar-refractivity contribution >= 4 is 33.5 Å². The molecule has 62 valence electrons. The van der Waals surface area contributed by atoms with Crippen LogP contribution in [0.25, 0.3) is 10.9 Å². The van der Waals surface area contributed by atoms with Crippen molar-refractivity contribution in [3.63, 3.8) is 0 Å². The molecule has 1 aromatic heterocycles. The lowest BCUT2D eigenvalue weighted by molar-refractivity contribution is 0.512. The molecule has 1 heterocycles. The minimum Gasteiger partial charge on any atom is -0.242 e. The van der Waals surface area contributed by atoms with Crippen molar-refractivity contribution in [1.82, 2.24) is 9.78 Å². The molecular formula is C8H6FIN2. The molecule has 2 aromatic rings. The summed E-state index contributed by atoms with van der Waals surface area (Å²) in [5, 5.41) is 4.58. The Balaban J connectivity index is 2.88. The van der Waals surface area contributed by atoms with E-state index in [4.69, 9.17) is 0 Å². The van der Waals surface area contributed by atoms with Gasteiger partial charge < -0.3 is 0 Å². The summed E-state index contributed by atoms with van der Waals surface area (Å²) in [5.74, 6) is -0.275. The zero-order chi connectivity index (χ0) is 8.72. The molecule has 12 heavy (non-hydrogen) atoms. The third-order valence-corrected chi connectivity index (χ3v) is 2.39. The van der Waals surface area contributed by atoms with Crippen molar-refractivity contribution < 1.29 is 4.39 Å². The Bertz CT molecular complexity index is 436. The van der Waals surface area contributed by atoms with Gasteiger partial charge in [-0.1, -0.05) is 0 Å². The van der Waals surface area contributed by atoms with Gasteiger partial charge in [0.25, 0.3) is 0 Å². The van der Waals surface area contributed by atoms with E-state index in [1.807, 2.05) is 12.1 Å². The lowest BCUT2D eigenvalue weighted by Crippen LogP contribution is -1.92. The van der Waals surface area contributed by atoms with Gasteiger partial charge in [-0.25, -0.2) is 4.68 Å². The molecule has 0 spiro atoms. The molecule has 0 saturated heterocycles. The quantitative estimate of drug-likeness (QED) is 0.675. The van der Waals surface area contributed by atoms with E-state index in [1.54, 1.807) is 13.1 Å². The monoisotopic (exact) mass is 276 g/mol. The zero-order valence-corrected chi connectivity index (χ0v) is 8.54. The number of rotatable bonds is 0. The molecule has 0 fully saturated rings. The van der Waals surface area contributed by atoms with Crippen LogP contribution in [0.2, 0.25) is 0 Å². The number of nitrogens with zero attached hydrogens (tertiary/aromatic N) is 2. The summed E-state index contributed by atoms with van der Waals surface area (Å²) < 4.78 is 15.5. The van der Waals surface area contributed by atoms with Gasteiger partial charge in [0.15, 0.2) is 0 Å². The van der Waals surface area contributed by atoms with Crippen LogP contribution in [0, 0.1) is 9.52 Å². The molecule has 0 unspecified atom stereocenters. The van der Waals surface area contributed by atoms with Gasteiger partial charge >= 0.3 is 0 Å². The largest absolute Gasteiger partial charge is 0.242 e. The lowest BCUT2D eigenvalue weighted by atomic mass is 10.3. The van der Waals surface area contributed by atoms with Crippen LogP contribution in [-0.2, 0) is 7.05 Å². The van der Waals surface area contributed by atoms with Crippen LogP contribution in [-0.4, -0.2) is 9.78 Å². The van der Waals surface area contributed by atoms with Crippen molar-refractivity contribution in [2.45, 2.75) is 0 Å². The molecule has 0 amide bonds. The van der Waals surface area contributed by atoms with E-state index >= 15 is 0 Å².